The van der Waals surface area contributed by atoms with Gasteiger partial charge in [-0.2, -0.15) is 0 Å². The number of ether oxygens (including phenoxy) is 1. The smallest absolute Gasteiger partial charge is 0.340 e. The fraction of sp³-hybridized carbons (Fsp3) is 0.111. The molecular weight excluding hydrogens is 338 g/mol. The van der Waals surface area contributed by atoms with Gasteiger partial charge in [0.1, 0.15) is 5.69 Å². The standard InChI is InChI=1S/C18H15N3O5/c1-20-10-13(12-6-2-4-8-15(12)20)18(23)26-11-17(22)19-14-7-3-5-9-16(14)21(24)25/h2-10H,11H2,1H3,(H,19,22). The number of nitrogens with one attached hydrogen (secondary N) is 1. The lowest BCUT2D eigenvalue weighted by molar-refractivity contribution is -0.383. The predicted molar refractivity (Wildman–Crippen MR) is 94.9 cm³/mol. The van der Waals surface area contributed by atoms with Gasteiger partial charge < -0.3 is 14.6 Å². The number of nitro benzene ring substituents is 1. The molecule has 0 radical (unpaired) electrons. The number of anilines is 1. The molecule has 0 fully saturated rings. The molecule has 0 unspecified atom stereocenters. The minimum Gasteiger partial charge on any atom is -0.452 e. The Morgan fingerprint density at radius 1 is 1.15 bits per heavy atom. The molecule has 1 amide bonds. The lowest BCUT2D eigenvalue weighted by Crippen LogP contribution is -2.21. The van der Waals surface area contributed by atoms with E-state index in [1.165, 1.54) is 18.2 Å². The summed E-state index contributed by atoms with van der Waals surface area (Å²) in [6.45, 7) is -0.548. The summed E-state index contributed by atoms with van der Waals surface area (Å²) in [5.41, 5.74) is 1.02. The summed E-state index contributed by atoms with van der Waals surface area (Å²) in [6, 6.07) is 13.1. The van der Waals surface area contributed by atoms with Gasteiger partial charge in [0.25, 0.3) is 11.6 Å². The van der Waals surface area contributed by atoms with Crippen molar-refractivity contribution in [3.05, 3.63) is 70.4 Å². The predicted octanol–water partition coefficient (Wildman–Crippen LogP) is 2.88. The van der Waals surface area contributed by atoms with Crippen molar-refractivity contribution in [3.8, 4) is 0 Å². The molecule has 8 heteroatoms. The Hall–Kier alpha value is -3.68. The molecule has 26 heavy (non-hydrogen) atoms. The second kappa shape index (κ2) is 7.06. The van der Waals surface area contributed by atoms with Crippen LogP contribution < -0.4 is 5.32 Å². The van der Waals surface area contributed by atoms with E-state index in [9.17, 15) is 19.7 Å². The normalized spacial score (nSPS) is 10.5. The summed E-state index contributed by atoms with van der Waals surface area (Å²) in [5, 5.41) is 14.0. The van der Waals surface area contributed by atoms with Crippen LogP contribution in [0.3, 0.4) is 0 Å². The first-order chi connectivity index (χ1) is 12.5. The van der Waals surface area contributed by atoms with Crippen LogP contribution in [0.2, 0.25) is 0 Å². The van der Waals surface area contributed by atoms with E-state index in [0.717, 1.165) is 10.9 Å². The highest BCUT2D eigenvalue weighted by Gasteiger charge is 2.18. The molecule has 0 bridgehead atoms. The summed E-state index contributed by atoms with van der Waals surface area (Å²) in [6.07, 6.45) is 1.63. The first kappa shape index (κ1) is 17.2. The molecule has 1 heterocycles. The highest BCUT2D eigenvalue weighted by molar-refractivity contribution is 6.05. The molecule has 0 spiro atoms. The van der Waals surface area contributed by atoms with E-state index in [1.807, 2.05) is 12.1 Å². The topological polar surface area (TPSA) is 103 Å². The average molecular weight is 353 g/mol. The number of carbonyl (C=O) groups excluding carboxylic acids is 2. The third-order valence-electron chi connectivity index (χ3n) is 3.83. The number of esters is 1. The lowest BCUT2D eigenvalue weighted by atomic mass is 10.2. The zero-order valence-electron chi connectivity index (χ0n) is 13.8. The number of benzene rings is 2. The monoisotopic (exact) mass is 353 g/mol. The van der Waals surface area contributed by atoms with E-state index >= 15 is 0 Å². The Bertz CT molecular complexity index is 1010. The van der Waals surface area contributed by atoms with Gasteiger partial charge in [-0.05, 0) is 12.1 Å². The van der Waals surface area contributed by atoms with Crippen molar-refractivity contribution in [1.82, 2.24) is 4.57 Å². The van der Waals surface area contributed by atoms with E-state index in [-0.39, 0.29) is 11.4 Å². The highest BCUT2D eigenvalue weighted by Crippen LogP contribution is 2.23. The highest BCUT2D eigenvalue weighted by atomic mass is 16.6. The second-order valence-electron chi connectivity index (χ2n) is 5.57. The van der Waals surface area contributed by atoms with Crippen LogP contribution in [0.15, 0.2) is 54.7 Å². The first-order valence-electron chi connectivity index (χ1n) is 7.72. The maximum Gasteiger partial charge on any atom is 0.340 e. The SMILES string of the molecule is Cn1cc(C(=O)OCC(=O)Nc2ccccc2[N+](=O)[O-])c2ccccc21. The van der Waals surface area contributed by atoms with E-state index in [0.29, 0.717) is 5.56 Å². The number of rotatable bonds is 5. The second-order valence-corrected chi connectivity index (χ2v) is 5.57. The van der Waals surface area contributed by atoms with Gasteiger partial charge >= 0.3 is 5.97 Å². The lowest BCUT2D eigenvalue weighted by Gasteiger charge is -2.06. The molecule has 0 atom stereocenters. The van der Waals surface area contributed by atoms with Gasteiger partial charge in [0.2, 0.25) is 0 Å². The van der Waals surface area contributed by atoms with Gasteiger partial charge in [0.15, 0.2) is 6.61 Å². The van der Waals surface area contributed by atoms with Crippen molar-refractivity contribution < 1.29 is 19.2 Å². The van der Waals surface area contributed by atoms with Gasteiger partial charge in [-0.15, -0.1) is 0 Å². The third-order valence-corrected chi connectivity index (χ3v) is 3.83. The van der Waals surface area contributed by atoms with Crippen molar-refractivity contribution in [3.63, 3.8) is 0 Å². The molecule has 3 aromatic rings. The Balaban J connectivity index is 1.68. The zero-order valence-corrected chi connectivity index (χ0v) is 13.8. The van der Waals surface area contributed by atoms with Crippen LogP contribution >= 0.6 is 0 Å². The fourth-order valence-electron chi connectivity index (χ4n) is 2.64. The van der Waals surface area contributed by atoms with Crippen LogP contribution in [-0.2, 0) is 16.6 Å². The van der Waals surface area contributed by atoms with Crippen molar-refractivity contribution >= 4 is 34.2 Å². The number of hydrogen-bond donors (Lipinski definition) is 1. The number of amides is 1. The molecule has 1 N–H and O–H groups in total. The Kier molecular flexibility index (Phi) is 4.66. The van der Waals surface area contributed by atoms with Gasteiger partial charge in [0.05, 0.1) is 10.5 Å². The molecule has 0 saturated carbocycles. The van der Waals surface area contributed by atoms with Gasteiger partial charge in [-0.25, -0.2) is 4.79 Å². The third kappa shape index (κ3) is 3.39. The minimum absolute atomic E-state index is 0.0451. The molecule has 1 aromatic heterocycles. The van der Waals surface area contributed by atoms with E-state index < -0.39 is 23.4 Å². The van der Waals surface area contributed by atoms with Crippen molar-refractivity contribution in [2.75, 3.05) is 11.9 Å². The largest absolute Gasteiger partial charge is 0.452 e. The van der Waals surface area contributed by atoms with Crippen LogP contribution in [0, 0.1) is 10.1 Å². The van der Waals surface area contributed by atoms with Gasteiger partial charge in [0, 0.05) is 30.2 Å². The summed E-state index contributed by atoms with van der Waals surface area (Å²) in [5.74, 6) is -1.30. The number of hydrogen-bond acceptors (Lipinski definition) is 5. The van der Waals surface area contributed by atoms with Crippen LogP contribution in [0.25, 0.3) is 10.9 Å². The number of nitro groups is 1. The Morgan fingerprint density at radius 3 is 2.62 bits per heavy atom. The van der Waals surface area contributed by atoms with Gasteiger partial charge in [-0.1, -0.05) is 30.3 Å². The van der Waals surface area contributed by atoms with E-state index in [4.69, 9.17) is 4.74 Å². The van der Waals surface area contributed by atoms with Crippen LogP contribution in [-0.4, -0.2) is 28.0 Å². The summed E-state index contributed by atoms with van der Waals surface area (Å²) < 4.78 is 6.84. The molecule has 0 aliphatic carbocycles. The maximum absolute atomic E-state index is 12.3. The van der Waals surface area contributed by atoms with Crippen LogP contribution in [0.1, 0.15) is 10.4 Å². The number of carbonyl (C=O) groups is 2. The number of fused-ring (bicyclic) bond motifs is 1. The average Bonchev–Trinajstić information content (AvgIpc) is 2.97. The van der Waals surface area contributed by atoms with Crippen LogP contribution in [0.4, 0.5) is 11.4 Å². The number of para-hydroxylation sites is 3. The summed E-state index contributed by atoms with van der Waals surface area (Å²) in [4.78, 5) is 34.6. The molecule has 0 aliphatic rings. The fourth-order valence-corrected chi connectivity index (χ4v) is 2.64. The van der Waals surface area contributed by atoms with Gasteiger partial charge in [-0.3, -0.25) is 14.9 Å². The summed E-state index contributed by atoms with van der Waals surface area (Å²) >= 11 is 0. The molecule has 3 rings (SSSR count). The molecular formula is C18H15N3O5. The maximum atomic E-state index is 12.3. The van der Waals surface area contributed by atoms with Crippen molar-refractivity contribution in [2.24, 2.45) is 7.05 Å². The minimum atomic E-state index is -0.659. The first-order valence-corrected chi connectivity index (χ1v) is 7.72. The quantitative estimate of drug-likeness (QED) is 0.431. The Morgan fingerprint density at radius 2 is 1.85 bits per heavy atom. The molecule has 0 saturated heterocycles. The van der Waals surface area contributed by atoms with Crippen LogP contribution in [0.5, 0.6) is 0 Å². The zero-order chi connectivity index (χ0) is 18.7. The molecule has 0 aliphatic heterocycles. The number of aromatic nitrogens is 1. The molecule has 2 aromatic carbocycles. The molecule has 8 nitrogen and oxygen atoms in total. The van der Waals surface area contributed by atoms with E-state index in [2.05, 4.69) is 5.32 Å². The van der Waals surface area contributed by atoms with E-state index in [1.54, 1.807) is 36.0 Å². The Labute approximate surface area is 148 Å². The van der Waals surface area contributed by atoms with Crippen molar-refractivity contribution in [1.29, 1.82) is 0 Å². The summed E-state index contributed by atoms with van der Waals surface area (Å²) in [7, 11) is 1.81. The molecule has 132 valence electrons. The number of aryl methyl sites for hydroxylation is 1. The number of nitrogens with zero attached hydrogens (tertiary/aromatic N) is 2. The van der Waals surface area contributed by atoms with Crippen molar-refractivity contribution in [2.45, 2.75) is 0 Å².